The van der Waals surface area contributed by atoms with Crippen LogP contribution in [0.25, 0.3) is 0 Å². The predicted octanol–water partition coefficient (Wildman–Crippen LogP) is 6.19. The van der Waals surface area contributed by atoms with Crippen LogP contribution in [0.1, 0.15) is 53.4 Å². The van der Waals surface area contributed by atoms with Crippen molar-refractivity contribution in [1.82, 2.24) is 4.90 Å². The Morgan fingerprint density at radius 2 is 2.11 bits per heavy atom. The molecule has 1 atom stereocenters. The topological polar surface area (TPSA) is 29.5 Å². The van der Waals surface area contributed by atoms with Gasteiger partial charge in [-0.05, 0) is 56.4 Å². The molecule has 0 fully saturated rings. The Morgan fingerprint density at radius 1 is 1.39 bits per heavy atom. The summed E-state index contributed by atoms with van der Waals surface area (Å²) >= 11 is 0. The minimum absolute atomic E-state index is 0.106. The van der Waals surface area contributed by atoms with Gasteiger partial charge in [-0.1, -0.05) is 50.8 Å². The van der Waals surface area contributed by atoms with Gasteiger partial charge in [-0.15, -0.1) is 0 Å². The molecule has 4 heteroatoms. The first-order chi connectivity index (χ1) is 13.3. The van der Waals surface area contributed by atoms with E-state index in [1.54, 1.807) is 24.0 Å². The van der Waals surface area contributed by atoms with Gasteiger partial charge in [0.25, 0.3) is 5.91 Å². The Hall–Kier alpha value is -2.36. The average Bonchev–Trinajstić information content (AvgIpc) is 2.67. The van der Waals surface area contributed by atoms with Crippen LogP contribution < -0.4 is 0 Å². The lowest BCUT2D eigenvalue weighted by atomic mass is 10.1. The highest BCUT2D eigenvalue weighted by Gasteiger charge is 2.23. The van der Waals surface area contributed by atoms with Gasteiger partial charge < -0.3 is 9.64 Å². The summed E-state index contributed by atoms with van der Waals surface area (Å²) in [5.74, 6) is 0.375. The number of rotatable bonds is 7. The molecule has 0 spiro atoms. The molecule has 1 heterocycles. The monoisotopic (exact) mass is 387 g/mol. The molecule has 0 aromatic heterocycles. The third-order valence-electron chi connectivity index (χ3n) is 4.57. The number of nitrogens with zero attached hydrogens (tertiary/aromatic N) is 1. The van der Waals surface area contributed by atoms with Crippen molar-refractivity contribution in [2.24, 2.45) is 0 Å². The number of hydrogen-bond donors (Lipinski definition) is 0. The first-order valence-corrected chi connectivity index (χ1v) is 10.0. The van der Waals surface area contributed by atoms with Crippen LogP contribution in [0, 0.1) is 0 Å². The van der Waals surface area contributed by atoms with Gasteiger partial charge >= 0.3 is 0 Å². The molecule has 154 valence electrons. The van der Waals surface area contributed by atoms with Gasteiger partial charge in [0, 0.05) is 19.5 Å². The fraction of sp³-hybridized carbons (Fsp3) is 0.458. The van der Waals surface area contributed by atoms with Crippen LogP contribution in [0.5, 0.6) is 0 Å². The van der Waals surface area contributed by atoms with Crippen LogP contribution >= 0.6 is 0 Å². The molecule has 28 heavy (non-hydrogen) atoms. The lowest BCUT2D eigenvalue weighted by Gasteiger charge is -2.27. The van der Waals surface area contributed by atoms with Crippen molar-refractivity contribution >= 4 is 5.91 Å². The molecule has 1 amide bonds. The predicted molar refractivity (Wildman–Crippen MR) is 115 cm³/mol. The maximum Gasteiger partial charge on any atom is 0.263 e. The summed E-state index contributed by atoms with van der Waals surface area (Å²) in [5, 5.41) is 0. The zero-order valence-corrected chi connectivity index (χ0v) is 17.8. The van der Waals surface area contributed by atoms with Crippen LogP contribution in [0.15, 0.2) is 71.8 Å². The zero-order chi connectivity index (χ0) is 21.1. The second-order valence-electron chi connectivity index (χ2n) is 7.00. The van der Waals surface area contributed by atoms with Crippen molar-refractivity contribution in [2.75, 3.05) is 13.1 Å². The Morgan fingerprint density at radius 3 is 2.71 bits per heavy atom. The van der Waals surface area contributed by atoms with E-state index in [1.807, 2.05) is 13.8 Å². The Balaban J connectivity index is 2.98. The maximum atomic E-state index is 13.7. The molecular formula is C24H34FNO2. The molecule has 0 aromatic rings. The molecule has 1 aliphatic rings. The summed E-state index contributed by atoms with van der Waals surface area (Å²) in [4.78, 5) is 14.7. The fourth-order valence-corrected chi connectivity index (χ4v) is 3.02. The Labute approximate surface area is 169 Å². The van der Waals surface area contributed by atoms with Crippen molar-refractivity contribution in [3.05, 3.63) is 71.8 Å². The molecule has 0 saturated heterocycles. The molecular weight excluding hydrogens is 353 g/mol. The number of allylic oxidation sites excluding steroid dienone is 8. The average molecular weight is 388 g/mol. The van der Waals surface area contributed by atoms with E-state index in [0.717, 1.165) is 36.2 Å². The van der Waals surface area contributed by atoms with Crippen molar-refractivity contribution in [3.8, 4) is 0 Å². The minimum Gasteiger partial charge on any atom is -0.485 e. The fourth-order valence-electron chi connectivity index (χ4n) is 3.02. The van der Waals surface area contributed by atoms with E-state index in [1.165, 1.54) is 12.2 Å². The number of halogens is 1. The SMILES string of the molecule is C=C/C(C)=C\C(CC)=C(/CC)OC(C)C(=O)N1CCC/C=C\C(F)=C/C(=C)C1. The lowest BCUT2D eigenvalue weighted by molar-refractivity contribution is -0.140. The van der Waals surface area contributed by atoms with E-state index in [0.29, 0.717) is 25.1 Å². The first-order valence-electron chi connectivity index (χ1n) is 10.0. The van der Waals surface area contributed by atoms with Gasteiger partial charge in [-0.25, -0.2) is 4.39 Å². The third kappa shape index (κ3) is 7.71. The van der Waals surface area contributed by atoms with Crippen LogP contribution in [-0.4, -0.2) is 30.0 Å². The van der Waals surface area contributed by atoms with E-state index in [9.17, 15) is 9.18 Å². The molecule has 1 unspecified atom stereocenters. The zero-order valence-electron chi connectivity index (χ0n) is 17.8. The number of hydrogen-bond acceptors (Lipinski definition) is 2. The molecule has 0 saturated carbocycles. The Kier molecular flexibility index (Phi) is 10.3. The summed E-state index contributed by atoms with van der Waals surface area (Å²) in [6, 6.07) is 0. The first kappa shape index (κ1) is 23.7. The van der Waals surface area contributed by atoms with Crippen LogP contribution in [0.4, 0.5) is 4.39 Å². The molecule has 0 aliphatic carbocycles. The summed E-state index contributed by atoms with van der Waals surface area (Å²) in [5.41, 5.74) is 2.69. The van der Waals surface area contributed by atoms with E-state index in [4.69, 9.17) is 4.74 Å². The molecule has 1 rings (SSSR count). The summed E-state index contributed by atoms with van der Waals surface area (Å²) in [7, 11) is 0. The largest absolute Gasteiger partial charge is 0.485 e. The number of amides is 1. The number of carbonyl (C=O) groups excluding carboxylic acids is 1. The summed E-state index contributed by atoms with van der Waals surface area (Å²) in [6.07, 6.45) is 10.9. The second kappa shape index (κ2) is 12.2. The maximum absolute atomic E-state index is 13.7. The number of ether oxygens (including phenoxy) is 1. The van der Waals surface area contributed by atoms with Gasteiger partial charge in [0.05, 0.1) is 0 Å². The van der Waals surface area contributed by atoms with E-state index >= 15 is 0 Å². The van der Waals surface area contributed by atoms with E-state index < -0.39 is 6.10 Å². The standard InChI is InChI=1S/C24H34FNO2/c1-7-18(4)15-21(8-2)23(9-3)28-20(6)24(27)26-14-12-10-11-13-22(25)16-19(5)17-26/h7,11,13,15-16,20H,1,5,8-10,12,14,17H2,2-4,6H3/b13-11-,18-15-,22-16+,23-21+. The molecule has 0 N–H and O–H groups in total. The highest BCUT2D eigenvalue weighted by atomic mass is 19.1. The molecule has 0 radical (unpaired) electrons. The van der Waals surface area contributed by atoms with Gasteiger partial charge in [0.15, 0.2) is 6.10 Å². The quantitative estimate of drug-likeness (QED) is 0.385. The van der Waals surface area contributed by atoms with Gasteiger partial charge in [-0.3, -0.25) is 4.79 Å². The van der Waals surface area contributed by atoms with Crippen molar-refractivity contribution < 1.29 is 13.9 Å². The normalized spacial score (nSPS) is 21.2. The molecule has 0 bridgehead atoms. The minimum atomic E-state index is -0.617. The van der Waals surface area contributed by atoms with Crippen molar-refractivity contribution in [2.45, 2.75) is 59.5 Å². The smallest absolute Gasteiger partial charge is 0.263 e. The van der Waals surface area contributed by atoms with Crippen LogP contribution in [-0.2, 0) is 9.53 Å². The van der Waals surface area contributed by atoms with Crippen molar-refractivity contribution in [3.63, 3.8) is 0 Å². The lowest BCUT2D eigenvalue weighted by Crippen LogP contribution is -2.40. The molecule has 3 nitrogen and oxygen atoms in total. The van der Waals surface area contributed by atoms with Gasteiger partial charge in [0.2, 0.25) is 0 Å². The summed E-state index contributed by atoms with van der Waals surface area (Å²) < 4.78 is 19.8. The highest BCUT2D eigenvalue weighted by Crippen LogP contribution is 2.20. The van der Waals surface area contributed by atoms with Gasteiger partial charge in [0.1, 0.15) is 11.6 Å². The van der Waals surface area contributed by atoms with Crippen LogP contribution in [0.3, 0.4) is 0 Å². The van der Waals surface area contributed by atoms with Crippen molar-refractivity contribution in [1.29, 1.82) is 0 Å². The third-order valence-corrected chi connectivity index (χ3v) is 4.57. The highest BCUT2D eigenvalue weighted by molar-refractivity contribution is 5.81. The molecule has 1 aliphatic heterocycles. The number of carbonyl (C=O) groups is 1. The van der Waals surface area contributed by atoms with E-state index in [2.05, 4.69) is 26.2 Å². The van der Waals surface area contributed by atoms with Gasteiger partial charge in [-0.2, -0.15) is 0 Å². The summed E-state index contributed by atoms with van der Waals surface area (Å²) in [6.45, 7) is 16.4. The Bertz CT molecular complexity index is 697. The molecule has 0 aromatic carbocycles. The van der Waals surface area contributed by atoms with E-state index in [-0.39, 0.29) is 11.7 Å². The van der Waals surface area contributed by atoms with Crippen LogP contribution in [0.2, 0.25) is 0 Å². The second-order valence-corrected chi connectivity index (χ2v) is 7.00.